The number of rotatable bonds is 6. The first-order valence-electron chi connectivity index (χ1n) is 8.37. The van der Waals surface area contributed by atoms with Gasteiger partial charge in [0.2, 0.25) is 5.91 Å². The first kappa shape index (κ1) is 21.1. The lowest BCUT2D eigenvalue weighted by molar-refractivity contribution is -0.111. The molecule has 1 amide bonds. The van der Waals surface area contributed by atoms with E-state index >= 15 is 0 Å². The summed E-state index contributed by atoms with van der Waals surface area (Å²) in [5.41, 5.74) is 1.13. The minimum absolute atomic E-state index is 0.377. The topological polar surface area (TPSA) is 60.7 Å². The third-order valence-electron chi connectivity index (χ3n) is 3.95. The lowest BCUT2D eigenvalue weighted by Crippen LogP contribution is -2.09. The van der Waals surface area contributed by atoms with Crippen LogP contribution in [0.25, 0.3) is 17.4 Å². The quantitative estimate of drug-likeness (QED) is 0.429. The summed E-state index contributed by atoms with van der Waals surface area (Å²) < 4.78 is 16.1. The van der Waals surface area contributed by atoms with Crippen molar-refractivity contribution in [3.05, 3.63) is 69.4 Å². The van der Waals surface area contributed by atoms with Gasteiger partial charge in [0.1, 0.15) is 23.0 Å². The first-order chi connectivity index (χ1) is 13.9. The van der Waals surface area contributed by atoms with Crippen LogP contribution in [0.2, 0.25) is 15.1 Å². The molecule has 0 saturated heterocycles. The van der Waals surface area contributed by atoms with E-state index in [9.17, 15) is 4.79 Å². The van der Waals surface area contributed by atoms with E-state index in [2.05, 4.69) is 5.32 Å². The molecule has 3 aromatic rings. The Bertz CT molecular complexity index is 1080. The van der Waals surface area contributed by atoms with E-state index in [1.165, 1.54) is 20.3 Å². The summed E-state index contributed by atoms with van der Waals surface area (Å²) in [5, 5.41) is 4.11. The Kier molecular flexibility index (Phi) is 6.75. The van der Waals surface area contributed by atoms with Crippen LogP contribution in [0.1, 0.15) is 5.76 Å². The Morgan fingerprint density at radius 2 is 1.72 bits per heavy atom. The number of methoxy groups -OCH3 is 2. The summed E-state index contributed by atoms with van der Waals surface area (Å²) in [6.45, 7) is 0. The number of anilines is 1. The molecule has 0 aliphatic carbocycles. The van der Waals surface area contributed by atoms with Crippen molar-refractivity contribution in [2.75, 3.05) is 19.5 Å². The van der Waals surface area contributed by atoms with E-state index in [-0.39, 0.29) is 5.91 Å². The molecule has 0 aliphatic heterocycles. The lowest BCUT2D eigenvalue weighted by atomic mass is 10.2. The molecule has 0 spiro atoms. The molecule has 0 saturated carbocycles. The van der Waals surface area contributed by atoms with Crippen molar-refractivity contribution in [3.63, 3.8) is 0 Å². The van der Waals surface area contributed by atoms with Crippen LogP contribution < -0.4 is 14.8 Å². The summed E-state index contributed by atoms with van der Waals surface area (Å²) >= 11 is 18.2. The maximum absolute atomic E-state index is 12.3. The van der Waals surface area contributed by atoms with Gasteiger partial charge in [0.15, 0.2) is 0 Å². The van der Waals surface area contributed by atoms with Crippen molar-refractivity contribution < 1.29 is 18.7 Å². The van der Waals surface area contributed by atoms with Gasteiger partial charge in [-0.25, -0.2) is 0 Å². The number of ether oxygens (including phenoxy) is 2. The van der Waals surface area contributed by atoms with Crippen molar-refractivity contribution in [2.24, 2.45) is 0 Å². The fourth-order valence-corrected chi connectivity index (χ4v) is 3.30. The van der Waals surface area contributed by atoms with E-state index in [0.29, 0.717) is 49.3 Å². The predicted molar refractivity (Wildman–Crippen MR) is 116 cm³/mol. The summed E-state index contributed by atoms with van der Waals surface area (Å²) in [6.07, 6.45) is 2.88. The monoisotopic (exact) mass is 451 g/mol. The second kappa shape index (κ2) is 9.27. The highest BCUT2D eigenvalue weighted by Gasteiger charge is 2.12. The molecule has 5 nitrogen and oxygen atoms in total. The number of hydrogen-bond acceptors (Lipinski definition) is 4. The minimum Gasteiger partial charge on any atom is -0.495 e. The Labute approximate surface area is 182 Å². The van der Waals surface area contributed by atoms with E-state index < -0.39 is 0 Å². The molecule has 8 heteroatoms. The number of furan rings is 1. The molecule has 1 heterocycles. The highest BCUT2D eigenvalue weighted by atomic mass is 35.5. The Morgan fingerprint density at radius 3 is 2.41 bits per heavy atom. The molecule has 29 heavy (non-hydrogen) atoms. The van der Waals surface area contributed by atoms with Crippen LogP contribution in [-0.2, 0) is 4.79 Å². The fourth-order valence-electron chi connectivity index (χ4n) is 2.57. The summed E-state index contributed by atoms with van der Waals surface area (Å²) in [6, 6.07) is 11.8. The van der Waals surface area contributed by atoms with Crippen LogP contribution in [0, 0.1) is 0 Å². The number of amides is 1. The molecule has 0 atom stereocenters. The molecule has 0 fully saturated rings. The molecule has 0 unspecified atom stereocenters. The van der Waals surface area contributed by atoms with Crippen LogP contribution in [0.3, 0.4) is 0 Å². The van der Waals surface area contributed by atoms with Crippen molar-refractivity contribution >= 4 is 52.5 Å². The maximum atomic E-state index is 12.3. The summed E-state index contributed by atoms with van der Waals surface area (Å²) in [4.78, 5) is 12.3. The van der Waals surface area contributed by atoms with Gasteiger partial charge in [-0.15, -0.1) is 0 Å². The predicted octanol–water partition coefficient (Wildman–Crippen LogP) is 6.58. The zero-order chi connectivity index (χ0) is 21.0. The van der Waals surface area contributed by atoms with Gasteiger partial charge in [0.05, 0.1) is 30.0 Å². The summed E-state index contributed by atoms with van der Waals surface area (Å²) in [7, 11) is 2.97. The summed E-state index contributed by atoms with van der Waals surface area (Å²) in [5.74, 6) is 1.50. The highest BCUT2D eigenvalue weighted by molar-refractivity contribution is 6.36. The van der Waals surface area contributed by atoms with Crippen LogP contribution >= 0.6 is 34.8 Å². The number of carbonyl (C=O) groups is 1. The number of carbonyl (C=O) groups excluding carboxylic acids is 1. The number of nitrogens with one attached hydrogen (secondary N) is 1. The van der Waals surface area contributed by atoms with E-state index in [4.69, 9.17) is 48.7 Å². The molecule has 150 valence electrons. The number of halogens is 3. The van der Waals surface area contributed by atoms with E-state index in [1.54, 1.807) is 48.5 Å². The average molecular weight is 453 g/mol. The molecule has 2 aromatic carbocycles. The van der Waals surface area contributed by atoms with E-state index in [0.717, 1.165) is 0 Å². The molecule has 1 N–H and O–H groups in total. The third-order valence-corrected chi connectivity index (χ3v) is 4.80. The maximum Gasteiger partial charge on any atom is 0.248 e. The molecular weight excluding hydrogens is 437 g/mol. The zero-order valence-electron chi connectivity index (χ0n) is 15.5. The van der Waals surface area contributed by atoms with Crippen LogP contribution in [-0.4, -0.2) is 20.1 Å². The number of hydrogen-bond donors (Lipinski definition) is 1. The first-order valence-corrected chi connectivity index (χ1v) is 9.50. The van der Waals surface area contributed by atoms with Gasteiger partial charge in [0, 0.05) is 28.8 Å². The van der Waals surface area contributed by atoms with Gasteiger partial charge in [-0.2, -0.15) is 0 Å². The molecule has 1 aromatic heterocycles. The van der Waals surface area contributed by atoms with Crippen molar-refractivity contribution in [3.8, 4) is 22.8 Å². The van der Waals surface area contributed by atoms with Gasteiger partial charge in [0.25, 0.3) is 0 Å². The van der Waals surface area contributed by atoms with Crippen LogP contribution in [0.15, 0.2) is 53.0 Å². The van der Waals surface area contributed by atoms with Crippen molar-refractivity contribution in [2.45, 2.75) is 0 Å². The lowest BCUT2D eigenvalue weighted by Gasteiger charge is -2.12. The second-order valence-corrected chi connectivity index (χ2v) is 7.09. The van der Waals surface area contributed by atoms with Crippen LogP contribution in [0.4, 0.5) is 5.69 Å². The highest BCUT2D eigenvalue weighted by Crippen LogP contribution is 2.36. The molecular formula is C21H16Cl3NO4. The third kappa shape index (κ3) is 5.07. The number of benzene rings is 2. The average Bonchev–Trinajstić information content (AvgIpc) is 3.16. The standard InChI is InChI=1S/C21H16Cl3NO4/c1-27-19-11-17(20(28-2)10-16(19)24)25-21(26)8-5-13-4-7-18(29-13)14-6-3-12(22)9-15(14)23/h3-11H,1-2H3,(H,25,26)/b8-5+. The van der Waals surface area contributed by atoms with Crippen LogP contribution in [0.5, 0.6) is 11.5 Å². The molecule has 0 bridgehead atoms. The minimum atomic E-state index is -0.379. The fraction of sp³-hybridized carbons (Fsp3) is 0.0952. The van der Waals surface area contributed by atoms with Gasteiger partial charge in [-0.1, -0.05) is 34.8 Å². The Morgan fingerprint density at radius 1 is 0.966 bits per heavy atom. The molecule has 0 radical (unpaired) electrons. The van der Waals surface area contributed by atoms with Crippen molar-refractivity contribution in [1.29, 1.82) is 0 Å². The van der Waals surface area contributed by atoms with E-state index in [1.807, 2.05) is 0 Å². The Balaban J connectivity index is 1.74. The molecule has 3 rings (SSSR count). The van der Waals surface area contributed by atoms with Gasteiger partial charge >= 0.3 is 0 Å². The smallest absolute Gasteiger partial charge is 0.248 e. The van der Waals surface area contributed by atoms with Gasteiger partial charge in [-0.05, 0) is 36.4 Å². The zero-order valence-corrected chi connectivity index (χ0v) is 17.7. The Hall–Kier alpha value is -2.60. The van der Waals surface area contributed by atoms with Crippen molar-refractivity contribution in [1.82, 2.24) is 0 Å². The van der Waals surface area contributed by atoms with Gasteiger partial charge in [-0.3, -0.25) is 4.79 Å². The largest absolute Gasteiger partial charge is 0.495 e. The van der Waals surface area contributed by atoms with Gasteiger partial charge < -0.3 is 19.2 Å². The second-order valence-electron chi connectivity index (χ2n) is 5.84. The SMILES string of the molecule is COc1cc(NC(=O)/C=C/c2ccc(-c3ccc(Cl)cc3Cl)o2)c(OC)cc1Cl. The normalized spacial score (nSPS) is 10.9. The molecule has 0 aliphatic rings.